The summed E-state index contributed by atoms with van der Waals surface area (Å²) in [5, 5.41) is 10.4. The number of thioether (sulfide) groups is 1. The third-order valence-electron chi connectivity index (χ3n) is 4.30. The number of hydrogen-bond acceptors (Lipinski definition) is 3. The van der Waals surface area contributed by atoms with Crippen LogP contribution in [-0.4, -0.2) is 14.8 Å². The van der Waals surface area contributed by atoms with Gasteiger partial charge in [-0.05, 0) is 48.9 Å². The fourth-order valence-electron chi connectivity index (χ4n) is 2.88. The molecule has 3 nitrogen and oxygen atoms in total. The molecule has 0 unspecified atom stereocenters. The number of halogens is 2. The van der Waals surface area contributed by atoms with E-state index in [0.717, 1.165) is 32.5 Å². The largest absolute Gasteiger partial charge is 0.270 e. The Labute approximate surface area is 181 Å². The molecule has 0 saturated heterocycles. The topological polar surface area (TPSA) is 30.7 Å². The summed E-state index contributed by atoms with van der Waals surface area (Å²) in [6, 6.07) is 24.4. The Bertz CT molecular complexity index is 1110. The van der Waals surface area contributed by atoms with Gasteiger partial charge in [-0.15, -0.1) is 10.2 Å². The number of rotatable bonds is 5. The summed E-state index contributed by atoms with van der Waals surface area (Å²) >= 11 is 11.6. The Balaban J connectivity index is 1.76. The molecule has 0 fully saturated rings. The van der Waals surface area contributed by atoms with Gasteiger partial charge in [-0.25, -0.2) is 0 Å². The fraction of sp³-hybridized carbons (Fsp3) is 0.0909. The quantitative estimate of drug-likeness (QED) is 0.296. The van der Waals surface area contributed by atoms with Crippen LogP contribution < -0.4 is 0 Å². The molecule has 4 rings (SSSR count). The van der Waals surface area contributed by atoms with Gasteiger partial charge in [0.2, 0.25) is 0 Å². The van der Waals surface area contributed by atoms with Crippen molar-refractivity contribution in [1.82, 2.24) is 14.8 Å². The van der Waals surface area contributed by atoms with Crippen LogP contribution in [0, 0.1) is 6.92 Å². The Morgan fingerprint density at radius 2 is 1.75 bits per heavy atom. The number of aryl methyl sites for hydroxylation is 1. The molecule has 0 aliphatic rings. The van der Waals surface area contributed by atoms with Gasteiger partial charge in [-0.3, -0.25) is 4.57 Å². The first-order chi connectivity index (χ1) is 13.6. The summed E-state index contributed by atoms with van der Waals surface area (Å²) in [4.78, 5) is 0. The average Bonchev–Trinajstić information content (AvgIpc) is 3.11. The van der Waals surface area contributed by atoms with Crippen molar-refractivity contribution in [2.45, 2.75) is 17.8 Å². The molecule has 0 bridgehead atoms. The van der Waals surface area contributed by atoms with Crippen LogP contribution in [-0.2, 0) is 5.75 Å². The summed E-state index contributed by atoms with van der Waals surface area (Å²) in [6.45, 7) is 2.08. The number of hydrogen-bond donors (Lipinski definition) is 0. The molecule has 0 saturated carbocycles. The van der Waals surface area contributed by atoms with Gasteiger partial charge >= 0.3 is 0 Å². The maximum atomic E-state index is 6.45. The first-order valence-corrected chi connectivity index (χ1v) is 10.9. The summed E-state index contributed by atoms with van der Waals surface area (Å²) in [5.41, 5.74) is 4.31. The minimum Gasteiger partial charge on any atom is -0.270 e. The van der Waals surface area contributed by atoms with Crippen LogP contribution in [0.3, 0.4) is 0 Å². The fourth-order valence-corrected chi connectivity index (χ4v) is 4.44. The summed E-state index contributed by atoms with van der Waals surface area (Å²) in [6.07, 6.45) is 0. The molecule has 0 radical (unpaired) electrons. The van der Waals surface area contributed by atoms with Gasteiger partial charge in [0, 0.05) is 21.5 Å². The summed E-state index contributed by atoms with van der Waals surface area (Å²) in [7, 11) is 0. The highest BCUT2D eigenvalue weighted by Crippen LogP contribution is 2.33. The number of nitrogens with zero attached hydrogens (tertiary/aromatic N) is 3. The van der Waals surface area contributed by atoms with E-state index in [2.05, 4.69) is 74.0 Å². The van der Waals surface area contributed by atoms with E-state index in [1.807, 2.05) is 36.4 Å². The van der Waals surface area contributed by atoms with Gasteiger partial charge < -0.3 is 0 Å². The van der Waals surface area contributed by atoms with Crippen molar-refractivity contribution >= 4 is 39.3 Å². The lowest BCUT2D eigenvalue weighted by atomic mass is 10.2. The standard InChI is InChI=1S/C22H17BrClN3S/c1-15-9-11-18(12-10-15)27-21(19-7-2-3-8-20(19)24)25-26-22(27)28-14-16-5-4-6-17(23)13-16/h2-13H,14H2,1H3. The molecule has 28 heavy (non-hydrogen) atoms. The second-order valence-corrected chi connectivity index (χ2v) is 8.64. The first-order valence-electron chi connectivity index (χ1n) is 8.76. The molecule has 0 atom stereocenters. The van der Waals surface area contributed by atoms with E-state index in [9.17, 15) is 0 Å². The van der Waals surface area contributed by atoms with E-state index < -0.39 is 0 Å². The van der Waals surface area contributed by atoms with Crippen LogP contribution >= 0.6 is 39.3 Å². The maximum Gasteiger partial charge on any atom is 0.196 e. The number of benzene rings is 3. The molecule has 3 aromatic carbocycles. The minimum absolute atomic E-state index is 0.659. The van der Waals surface area contributed by atoms with Crippen LogP contribution in [0.5, 0.6) is 0 Å². The van der Waals surface area contributed by atoms with Gasteiger partial charge in [-0.2, -0.15) is 0 Å². The van der Waals surface area contributed by atoms with Crippen LogP contribution in [0.4, 0.5) is 0 Å². The van der Waals surface area contributed by atoms with Crippen LogP contribution in [0.1, 0.15) is 11.1 Å². The van der Waals surface area contributed by atoms with Gasteiger partial charge in [0.1, 0.15) is 0 Å². The van der Waals surface area contributed by atoms with E-state index in [1.54, 1.807) is 11.8 Å². The molecule has 1 aromatic heterocycles. The smallest absolute Gasteiger partial charge is 0.196 e. The highest BCUT2D eigenvalue weighted by molar-refractivity contribution is 9.10. The van der Waals surface area contributed by atoms with Gasteiger partial charge in [0.25, 0.3) is 0 Å². The first kappa shape index (κ1) is 19.2. The summed E-state index contributed by atoms with van der Waals surface area (Å²) in [5.74, 6) is 1.54. The van der Waals surface area contributed by atoms with Crippen molar-refractivity contribution in [1.29, 1.82) is 0 Å². The summed E-state index contributed by atoms with van der Waals surface area (Å²) < 4.78 is 3.14. The van der Waals surface area contributed by atoms with E-state index in [-0.39, 0.29) is 0 Å². The third kappa shape index (κ3) is 4.17. The highest BCUT2D eigenvalue weighted by Gasteiger charge is 2.18. The van der Waals surface area contributed by atoms with Gasteiger partial charge in [0.05, 0.1) is 5.02 Å². The zero-order valence-corrected chi connectivity index (χ0v) is 18.3. The van der Waals surface area contributed by atoms with Crippen molar-refractivity contribution in [2.75, 3.05) is 0 Å². The van der Waals surface area contributed by atoms with E-state index in [0.29, 0.717) is 5.02 Å². The third-order valence-corrected chi connectivity index (χ3v) is 6.12. The molecule has 1 heterocycles. The van der Waals surface area contributed by atoms with Gasteiger partial charge in [0.15, 0.2) is 11.0 Å². The average molecular weight is 471 g/mol. The normalized spacial score (nSPS) is 11.0. The Kier molecular flexibility index (Phi) is 5.85. The number of aromatic nitrogens is 3. The molecule has 0 amide bonds. The second-order valence-electron chi connectivity index (χ2n) is 6.38. The zero-order valence-electron chi connectivity index (χ0n) is 15.1. The predicted octanol–water partition coefficient (Wildman–Crippen LogP) is 6.95. The van der Waals surface area contributed by atoms with Crippen LogP contribution in [0.2, 0.25) is 5.02 Å². The van der Waals surface area contributed by atoms with Crippen molar-refractivity contribution in [3.63, 3.8) is 0 Å². The molecule has 140 valence electrons. The molecular formula is C22H17BrClN3S. The van der Waals surface area contributed by atoms with Crippen LogP contribution in [0.25, 0.3) is 17.1 Å². The van der Waals surface area contributed by atoms with Gasteiger partial charge in [-0.1, -0.05) is 81.3 Å². The highest BCUT2D eigenvalue weighted by atomic mass is 79.9. The molecular weight excluding hydrogens is 454 g/mol. The molecule has 0 spiro atoms. The van der Waals surface area contributed by atoms with Crippen molar-refractivity contribution in [3.05, 3.63) is 93.4 Å². The molecule has 0 aliphatic heterocycles. The Morgan fingerprint density at radius 1 is 0.964 bits per heavy atom. The molecule has 0 N–H and O–H groups in total. The lowest BCUT2D eigenvalue weighted by Gasteiger charge is -2.11. The van der Waals surface area contributed by atoms with Crippen molar-refractivity contribution < 1.29 is 0 Å². The molecule has 0 aliphatic carbocycles. The Morgan fingerprint density at radius 3 is 2.50 bits per heavy atom. The van der Waals surface area contributed by atoms with Crippen LogP contribution in [0.15, 0.2) is 82.4 Å². The minimum atomic E-state index is 0.659. The second kappa shape index (κ2) is 8.52. The van der Waals surface area contributed by atoms with Crippen molar-refractivity contribution in [3.8, 4) is 17.1 Å². The van der Waals surface area contributed by atoms with E-state index >= 15 is 0 Å². The predicted molar refractivity (Wildman–Crippen MR) is 120 cm³/mol. The Hall–Kier alpha value is -2.08. The molecule has 6 heteroatoms. The van der Waals surface area contributed by atoms with E-state index in [1.165, 1.54) is 11.1 Å². The lowest BCUT2D eigenvalue weighted by molar-refractivity contribution is 0.885. The lowest BCUT2D eigenvalue weighted by Crippen LogP contribution is -2.00. The van der Waals surface area contributed by atoms with Crippen molar-refractivity contribution in [2.24, 2.45) is 0 Å². The monoisotopic (exact) mass is 469 g/mol. The SMILES string of the molecule is Cc1ccc(-n2c(SCc3cccc(Br)c3)nnc2-c2ccccc2Cl)cc1. The maximum absolute atomic E-state index is 6.45. The zero-order chi connectivity index (χ0) is 19.5. The molecule has 4 aromatic rings. The van der Waals surface area contributed by atoms with E-state index in [4.69, 9.17) is 11.6 Å².